The van der Waals surface area contributed by atoms with Crippen LogP contribution < -0.4 is 0 Å². The maximum Gasteiger partial charge on any atom is 0.335 e. The Kier molecular flexibility index (Phi) is 3.90. The molecule has 25 heavy (non-hydrogen) atoms. The summed E-state index contributed by atoms with van der Waals surface area (Å²) in [5.41, 5.74) is 4.73. The van der Waals surface area contributed by atoms with E-state index >= 15 is 0 Å². The van der Waals surface area contributed by atoms with Crippen molar-refractivity contribution >= 4 is 27.4 Å². The standard InChI is InChI=1S/C21H17NO2S/c1-2-13-4-3-5-16-12-19(25-20(13)16)18-11-10-17(22-18)14-6-8-15(9-7-14)21(23)24/h3-12,22H,2H2,1H3,(H,23,24). The van der Waals surface area contributed by atoms with Crippen molar-refractivity contribution in [3.8, 4) is 21.8 Å². The Morgan fingerprint density at radius 2 is 1.80 bits per heavy atom. The van der Waals surface area contributed by atoms with Gasteiger partial charge in [-0.1, -0.05) is 37.3 Å². The minimum absolute atomic E-state index is 0.298. The summed E-state index contributed by atoms with van der Waals surface area (Å²) in [5, 5.41) is 10.3. The minimum atomic E-state index is -0.907. The SMILES string of the molecule is CCc1cccc2cc(-c3ccc(-c4ccc(C(=O)O)cc4)[nH]3)sc12. The zero-order chi connectivity index (χ0) is 17.4. The number of H-pyrrole nitrogens is 1. The number of fused-ring (bicyclic) bond motifs is 1. The molecule has 0 spiro atoms. The molecule has 2 heterocycles. The summed E-state index contributed by atoms with van der Waals surface area (Å²) in [6.07, 6.45) is 1.03. The summed E-state index contributed by atoms with van der Waals surface area (Å²) in [4.78, 5) is 15.6. The van der Waals surface area contributed by atoms with Gasteiger partial charge in [-0.25, -0.2) is 4.79 Å². The number of aryl methyl sites for hydroxylation is 1. The van der Waals surface area contributed by atoms with Crippen LogP contribution in [0.3, 0.4) is 0 Å². The first-order valence-electron chi connectivity index (χ1n) is 8.20. The maximum absolute atomic E-state index is 11.0. The number of carbonyl (C=O) groups is 1. The van der Waals surface area contributed by atoms with Gasteiger partial charge in [-0.3, -0.25) is 0 Å². The predicted octanol–water partition coefficient (Wildman–Crippen LogP) is 5.82. The third-order valence-corrected chi connectivity index (χ3v) is 5.66. The van der Waals surface area contributed by atoms with Gasteiger partial charge in [0, 0.05) is 10.4 Å². The highest BCUT2D eigenvalue weighted by Gasteiger charge is 2.10. The van der Waals surface area contributed by atoms with Gasteiger partial charge in [0.25, 0.3) is 0 Å². The second-order valence-corrected chi connectivity index (χ2v) is 7.02. The molecule has 2 aromatic heterocycles. The molecule has 0 atom stereocenters. The lowest BCUT2D eigenvalue weighted by Gasteiger charge is -1.99. The lowest BCUT2D eigenvalue weighted by molar-refractivity contribution is 0.0697. The number of thiophene rings is 1. The minimum Gasteiger partial charge on any atom is -0.478 e. The van der Waals surface area contributed by atoms with Crippen LogP contribution >= 0.6 is 11.3 Å². The largest absolute Gasteiger partial charge is 0.478 e. The van der Waals surface area contributed by atoms with Gasteiger partial charge in [-0.05, 0) is 53.3 Å². The Morgan fingerprint density at radius 1 is 1.04 bits per heavy atom. The smallest absolute Gasteiger partial charge is 0.335 e. The monoisotopic (exact) mass is 347 g/mol. The Morgan fingerprint density at radius 3 is 2.52 bits per heavy atom. The van der Waals surface area contributed by atoms with Crippen molar-refractivity contribution in [3.05, 3.63) is 71.8 Å². The van der Waals surface area contributed by atoms with E-state index in [1.54, 1.807) is 12.1 Å². The van der Waals surface area contributed by atoms with Gasteiger partial charge in [0.15, 0.2) is 0 Å². The molecule has 0 bridgehead atoms. The second kappa shape index (κ2) is 6.22. The molecule has 0 saturated heterocycles. The highest BCUT2D eigenvalue weighted by Crippen LogP contribution is 2.36. The van der Waals surface area contributed by atoms with Crippen molar-refractivity contribution in [2.45, 2.75) is 13.3 Å². The molecule has 0 aliphatic carbocycles. The normalized spacial score (nSPS) is 11.1. The van der Waals surface area contributed by atoms with E-state index in [-0.39, 0.29) is 0 Å². The molecule has 4 rings (SSSR count). The molecule has 4 aromatic rings. The van der Waals surface area contributed by atoms with Crippen LogP contribution in [0.2, 0.25) is 0 Å². The number of aromatic amines is 1. The lowest BCUT2D eigenvalue weighted by atomic mass is 10.1. The molecule has 4 heteroatoms. The Hall–Kier alpha value is -2.85. The first-order chi connectivity index (χ1) is 12.2. The van der Waals surface area contributed by atoms with Gasteiger partial charge < -0.3 is 10.1 Å². The van der Waals surface area contributed by atoms with Crippen molar-refractivity contribution in [2.24, 2.45) is 0 Å². The highest BCUT2D eigenvalue weighted by atomic mass is 32.1. The summed E-state index contributed by atoms with van der Waals surface area (Å²) in [6.45, 7) is 2.18. The van der Waals surface area contributed by atoms with E-state index in [0.717, 1.165) is 23.4 Å². The summed E-state index contributed by atoms with van der Waals surface area (Å²) in [7, 11) is 0. The zero-order valence-corrected chi connectivity index (χ0v) is 14.6. The predicted molar refractivity (Wildman–Crippen MR) is 103 cm³/mol. The Bertz CT molecular complexity index is 1060. The van der Waals surface area contributed by atoms with Crippen LogP contribution in [0.25, 0.3) is 31.9 Å². The number of aromatic carboxylic acids is 1. The van der Waals surface area contributed by atoms with E-state index in [0.29, 0.717) is 5.56 Å². The molecular formula is C21H17NO2S. The summed E-state index contributed by atoms with van der Waals surface area (Å²) in [6, 6.07) is 19.7. The van der Waals surface area contributed by atoms with Gasteiger partial charge in [0.1, 0.15) is 0 Å². The number of benzene rings is 2. The van der Waals surface area contributed by atoms with Crippen LogP contribution in [-0.2, 0) is 6.42 Å². The van der Waals surface area contributed by atoms with E-state index < -0.39 is 5.97 Å². The van der Waals surface area contributed by atoms with Crippen molar-refractivity contribution in [1.82, 2.24) is 4.98 Å². The highest BCUT2D eigenvalue weighted by molar-refractivity contribution is 7.22. The topological polar surface area (TPSA) is 53.1 Å². The van der Waals surface area contributed by atoms with E-state index in [2.05, 4.69) is 42.2 Å². The molecule has 2 N–H and O–H groups in total. The van der Waals surface area contributed by atoms with E-state index in [4.69, 9.17) is 5.11 Å². The fraction of sp³-hybridized carbons (Fsp3) is 0.0952. The Labute approximate surface area is 149 Å². The fourth-order valence-electron chi connectivity index (χ4n) is 3.03. The molecule has 0 saturated carbocycles. The molecule has 0 aliphatic heterocycles. The number of rotatable bonds is 4. The van der Waals surface area contributed by atoms with Crippen molar-refractivity contribution in [3.63, 3.8) is 0 Å². The summed E-state index contributed by atoms with van der Waals surface area (Å²) in [5.74, 6) is -0.907. The zero-order valence-electron chi connectivity index (χ0n) is 13.7. The third kappa shape index (κ3) is 2.85. The molecule has 0 amide bonds. The van der Waals surface area contributed by atoms with E-state index in [9.17, 15) is 4.79 Å². The van der Waals surface area contributed by atoms with Crippen LogP contribution in [0.5, 0.6) is 0 Å². The quantitative estimate of drug-likeness (QED) is 0.488. The van der Waals surface area contributed by atoms with E-state index in [1.807, 2.05) is 29.5 Å². The van der Waals surface area contributed by atoms with Crippen LogP contribution in [-0.4, -0.2) is 16.1 Å². The average Bonchev–Trinajstić information content (AvgIpc) is 3.28. The van der Waals surface area contributed by atoms with Gasteiger partial charge in [0.2, 0.25) is 0 Å². The molecule has 2 aromatic carbocycles. The Balaban J connectivity index is 1.70. The second-order valence-electron chi connectivity index (χ2n) is 5.97. The van der Waals surface area contributed by atoms with Crippen LogP contribution in [0.4, 0.5) is 0 Å². The maximum atomic E-state index is 11.0. The van der Waals surface area contributed by atoms with E-state index in [1.165, 1.54) is 20.5 Å². The summed E-state index contributed by atoms with van der Waals surface area (Å²) < 4.78 is 1.35. The molecule has 124 valence electrons. The lowest BCUT2D eigenvalue weighted by Crippen LogP contribution is -1.94. The van der Waals surface area contributed by atoms with Gasteiger partial charge in [-0.15, -0.1) is 11.3 Å². The molecule has 0 aliphatic rings. The average molecular weight is 347 g/mol. The van der Waals surface area contributed by atoms with Crippen LogP contribution in [0, 0.1) is 0 Å². The first kappa shape index (κ1) is 15.7. The number of nitrogens with one attached hydrogen (secondary N) is 1. The van der Waals surface area contributed by atoms with Gasteiger partial charge in [-0.2, -0.15) is 0 Å². The number of hydrogen-bond acceptors (Lipinski definition) is 2. The molecule has 0 fully saturated rings. The van der Waals surface area contributed by atoms with Gasteiger partial charge >= 0.3 is 5.97 Å². The first-order valence-corrected chi connectivity index (χ1v) is 9.02. The molecule has 0 radical (unpaired) electrons. The van der Waals surface area contributed by atoms with Gasteiger partial charge in [0.05, 0.1) is 16.1 Å². The van der Waals surface area contributed by atoms with Crippen molar-refractivity contribution in [1.29, 1.82) is 0 Å². The summed E-state index contributed by atoms with van der Waals surface area (Å²) >= 11 is 1.81. The number of carboxylic acid groups (broad SMARTS) is 1. The number of carboxylic acids is 1. The molecular weight excluding hydrogens is 330 g/mol. The third-order valence-electron chi connectivity index (χ3n) is 4.40. The fourth-order valence-corrected chi connectivity index (χ4v) is 4.26. The van der Waals surface area contributed by atoms with Crippen molar-refractivity contribution in [2.75, 3.05) is 0 Å². The number of hydrogen-bond donors (Lipinski definition) is 2. The van der Waals surface area contributed by atoms with Crippen LogP contribution in [0.15, 0.2) is 60.7 Å². The number of aromatic nitrogens is 1. The van der Waals surface area contributed by atoms with Crippen molar-refractivity contribution < 1.29 is 9.90 Å². The van der Waals surface area contributed by atoms with Crippen LogP contribution in [0.1, 0.15) is 22.8 Å². The molecule has 0 unspecified atom stereocenters. The molecule has 3 nitrogen and oxygen atoms in total.